The van der Waals surface area contributed by atoms with Crippen molar-refractivity contribution in [1.82, 2.24) is 0 Å². The highest BCUT2D eigenvalue weighted by Gasteiger charge is 2.15. The van der Waals surface area contributed by atoms with E-state index in [2.05, 4.69) is 16.1 Å². The highest BCUT2D eigenvalue weighted by Crippen LogP contribution is 2.15. The normalized spacial score (nSPS) is 9.68. The molecule has 0 aliphatic carbocycles. The predicted molar refractivity (Wildman–Crippen MR) is 68.5 cm³/mol. The van der Waals surface area contributed by atoms with Crippen LogP contribution in [0.5, 0.6) is 0 Å². The number of anilines is 1. The largest absolute Gasteiger partial charge is 0.463 e. The van der Waals surface area contributed by atoms with Gasteiger partial charge in [-0.15, -0.1) is 0 Å². The Kier molecular flexibility index (Phi) is 3.84. The maximum atomic E-state index is 11.4. The van der Waals surface area contributed by atoms with E-state index in [9.17, 15) is 4.79 Å². The molecule has 0 fully saturated rings. The number of benzene rings is 1. The van der Waals surface area contributed by atoms with E-state index in [1.165, 1.54) is 13.4 Å². The summed E-state index contributed by atoms with van der Waals surface area (Å²) in [7, 11) is 1.31. The average Bonchev–Trinajstić information content (AvgIpc) is 2.93. The molecule has 0 spiro atoms. The Hall–Kier alpha value is -2.74. The molecule has 0 atom stereocenters. The number of hydrogen-bond acceptors (Lipinski definition) is 5. The van der Waals surface area contributed by atoms with Crippen molar-refractivity contribution in [2.45, 2.75) is 6.54 Å². The van der Waals surface area contributed by atoms with Gasteiger partial charge in [0.05, 0.1) is 25.0 Å². The molecule has 0 bridgehead atoms. The van der Waals surface area contributed by atoms with Gasteiger partial charge in [0.25, 0.3) is 0 Å². The van der Waals surface area contributed by atoms with Crippen molar-refractivity contribution < 1.29 is 13.9 Å². The van der Waals surface area contributed by atoms with Crippen LogP contribution in [0, 0.1) is 11.3 Å². The van der Waals surface area contributed by atoms with E-state index in [0.717, 1.165) is 11.3 Å². The molecule has 0 aliphatic rings. The van der Waals surface area contributed by atoms with Gasteiger partial charge >= 0.3 is 5.97 Å². The van der Waals surface area contributed by atoms with Gasteiger partial charge in [-0.2, -0.15) is 5.26 Å². The van der Waals surface area contributed by atoms with Crippen LogP contribution in [0.2, 0.25) is 0 Å². The van der Waals surface area contributed by atoms with Gasteiger partial charge in [0.2, 0.25) is 5.76 Å². The monoisotopic (exact) mass is 256 g/mol. The molecule has 0 aliphatic heterocycles. The molecule has 0 saturated heterocycles. The summed E-state index contributed by atoms with van der Waals surface area (Å²) in [6, 6.07) is 10.8. The quantitative estimate of drug-likeness (QED) is 0.851. The van der Waals surface area contributed by atoms with Crippen LogP contribution in [-0.4, -0.2) is 13.1 Å². The Morgan fingerprint density at radius 3 is 2.74 bits per heavy atom. The second-order valence-electron chi connectivity index (χ2n) is 3.81. The molecule has 96 valence electrons. The molecule has 0 amide bonds. The number of nitrogens with zero attached hydrogens (tertiary/aromatic N) is 1. The van der Waals surface area contributed by atoms with Gasteiger partial charge in [-0.1, -0.05) is 0 Å². The van der Waals surface area contributed by atoms with Crippen LogP contribution in [0.1, 0.15) is 21.7 Å². The Balaban J connectivity index is 2.04. The van der Waals surface area contributed by atoms with Crippen molar-refractivity contribution in [2.75, 3.05) is 12.4 Å². The Morgan fingerprint density at radius 2 is 2.11 bits per heavy atom. The summed E-state index contributed by atoms with van der Waals surface area (Å²) < 4.78 is 9.71. The summed E-state index contributed by atoms with van der Waals surface area (Å²) in [5, 5.41) is 11.8. The fourth-order valence-corrected chi connectivity index (χ4v) is 1.61. The lowest BCUT2D eigenvalue weighted by Crippen LogP contribution is -2.06. The first-order valence-electron chi connectivity index (χ1n) is 5.63. The van der Waals surface area contributed by atoms with Gasteiger partial charge in [0, 0.05) is 17.8 Å². The maximum absolute atomic E-state index is 11.4. The lowest BCUT2D eigenvalue weighted by molar-refractivity contribution is 0.0563. The molecular weight excluding hydrogens is 244 g/mol. The van der Waals surface area contributed by atoms with E-state index in [4.69, 9.17) is 9.68 Å². The van der Waals surface area contributed by atoms with Crippen LogP contribution in [0.15, 0.2) is 41.0 Å². The summed E-state index contributed by atoms with van der Waals surface area (Å²) in [6.45, 7) is 0.437. The lowest BCUT2D eigenvalue weighted by atomic mass is 10.2. The number of hydrogen-bond donors (Lipinski definition) is 1. The van der Waals surface area contributed by atoms with Crippen LogP contribution in [0.4, 0.5) is 5.69 Å². The third-order valence-corrected chi connectivity index (χ3v) is 2.61. The number of carbonyl (C=O) groups is 1. The van der Waals surface area contributed by atoms with E-state index in [-0.39, 0.29) is 5.76 Å². The molecule has 0 radical (unpaired) electrons. The third-order valence-electron chi connectivity index (χ3n) is 2.61. The summed E-state index contributed by atoms with van der Waals surface area (Å²) >= 11 is 0. The van der Waals surface area contributed by atoms with Gasteiger partial charge in [0.15, 0.2) is 0 Å². The van der Waals surface area contributed by atoms with Crippen molar-refractivity contribution in [3.05, 3.63) is 53.5 Å². The second-order valence-corrected chi connectivity index (χ2v) is 3.81. The molecule has 2 rings (SSSR count). The van der Waals surface area contributed by atoms with Gasteiger partial charge < -0.3 is 14.5 Å². The van der Waals surface area contributed by atoms with Crippen LogP contribution in [-0.2, 0) is 11.3 Å². The number of nitriles is 1. The van der Waals surface area contributed by atoms with Crippen LogP contribution in [0.3, 0.4) is 0 Å². The minimum atomic E-state index is -0.498. The van der Waals surface area contributed by atoms with Crippen molar-refractivity contribution in [3.63, 3.8) is 0 Å². The van der Waals surface area contributed by atoms with E-state index >= 15 is 0 Å². The van der Waals surface area contributed by atoms with Crippen molar-refractivity contribution in [2.24, 2.45) is 0 Å². The summed E-state index contributed by atoms with van der Waals surface area (Å²) in [4.78, 5) is 11.4. The first kappa shape index (κ1) is 12.7. The first-order valence-corrected chi connectivity index (χ1v) is 5.63. The molecule has 0 unspecified atom stereocenters. The Morgan fingerprint density at radius 1 is 1.37 bits per heavy atom. The molecule has 19 heavy (non-hydrogen) atoms. The Labute approximate surface area is 110 Å². The highest BCUT2D eigenvalue weighted by atomic mass is 16.5. The summed E-state index contributed by atoms with van der Waals surface area (Å²) in [6.07, 6.45) is 1.45. The third kappa shape index (κ3) is 2.93. The zero-order valence-electron chi connectivity index (χ0n) is 10.3. The molecule has 1 heterocycles. The smallest absolute Gasteiger partial charge is 0.374 e. The first-order chi connectivity index (χ1) is 9.24. The standard InChI is InChI=1S/C14H12N2O3/c1-18-14(17)13-11(6-7-19-13)9-16-12-4-2-10(8-15)3-5-12/h2-7,16H,9H2,1H3. The highest BCUT2D eigenvalue weighted by molar-refractivity contribution is 5.87. The molecule has 1 aromatic heterocycles. The van der Waals surface area contributed by atoms with Crippen molar-refractivity contribution >= 4 is 11.7 Å². The Bertz CT molecular complexity index is 608. The van der Waals surface area contributed by atoms with Crippen LogP contribution >= 0.6 is 0 Å². The van der Waals surface area contributed by atoms with E-state index in [1.807, 2.05) is 0 Å². The minimum absolute atomic E-state index is 0.198. The molecule has 2 aromatic rings. The van der Waals surface area contributed by atoms with Crippen LogP contribution < -0.4 is 5.32 Å². The molecule has 5 heteroatoms. The molecule has 0 saturated carbocycles. The van der Waals surface area contributed by atoms with E-state index in [1.54, 1.807) is 30.3 Å². The number of carbonyl (C=O) groups excluding carboxylic acids is 1. The average molecular weight is 256 g/mol. The van der Waals surface area contributed by atoms with Gasteiger partial charge in [-0.25, -0.2) is 4.79 Å². The van der Waals surface area contributed by atoms with Gasteiger partial charge in [-0.05, 0) is 30.3 Å². The summed E-state index contributed by atoms with van der Waals surface area (Å²) in [5.41, 5.74) is 2.18. The molecule has 1 N–H and O–H groups in total. The molecular formula is C14H12N2O3. The number of furan rings is 1. The van der Waals surface area contributed by atoms with Gasteiger partial charge in [0.1, 0.15) is 0 Å². The minimum Gasteiger partial charge on any atom is -0.463 e. The fourth-order valence-electron chi connectivity index (χ4n) is 1.61. The van der Waals surface area contributed by atoms with Crippen molar-refractivity contribution in [1.29, 1.82) is 5.26 Å². The van der Waals surface area contributed by atoms with E-state index in [0.29, 0.717) is 12.1 Å². The number of nitrogens with one attached hydrogen (secondary N) is 1. The second kappa shape index (κ2) is 5.74. The fraction of sp³-hybridized carbons (Fsp3) is 0.143. The van der Waals surface area contributed by atoms with Crippen LogP contribution in [0.25, 0.3) is 0 Å². The van der Waals surface area contributed by atoms with Gasteiger partial charge in [-0.3, -0.25) is 0 Å². The number of rotatable bonds is 4. The zero-order valence-corrected chi connectivity index (χ0v) is 10.3. The molecule has 1 aromatic carbocycles. The lowest BCUT2D eigenvalue weighted by Gasteiger charge is -2.06. The zero-order chi connectivity index (χ0) is 13.7. The summed E-state index contributed by atoms with van der Waals surface area (Å²) in [5.74, 6) is -0.301. The topological polar surface area (TPSA) is 75.3 Å². The maximum Gasteiger partial charge on any atom is 0.374 e. The molecule has 5 nitrogen and oxygen atoms in total. The van der Waals surface area contributed by atoms with E-state index < -0.39 is 5.97 Å². The predicted octanol–water partition coefficient (Wildman–Crippen LogP) is 2.55. The SMILES string of the molecule is COC(=O)c1occc1CNc1ccc(C#N)cc1. The van der Waals surface area contributed by atoms with Crippen molar-refractivity contribution in [3.8, 4) is 6.07 Å². The number of methoxy groups -OCH3 is 1. The number of ether oxygens (including phenoxy) is 1. The number of esters is 1.